The molecule has 3 aliphatic heterocycles. The third-order valence-electron chi connectivity index (χ3n) is 11.2. The number of nitrogens with two attached hydrogens (primary N) is 2. The first kappa shape index (κ1) is 48.5. The highest BCUT2D eigenvalue weighted by atomic mass is 16.4. The Hall–Kier alpha value is -6.16. The average Bonchev–Trinajstić information content (AvgIpc) is 4.04. The monoisotopic (exact) mass is 871 g/mol. The molecule has 1 aromatic rings. The maximum absolute atomic E-state index is 14.1. The summed E-state index contributed by atoms with van der Waals surface area (Å²) in [6, 6.07) is -1.15. The van der Waals surface area contributed by atoms with Crippen LogP contribution in [0.1, 0.15) is 76.7 Å². The van der Waals surface area contributed by atoms with Crippen molar-refractivity contribution in [3.8, 4) is 0 Å². The van der Waals surface area contributed by atoms with Crippen molar-refractivity contribution in [2.24, 2.45) is 11.5 Å². The molecule has 1 aromatic carbocycles. The number of likely N-dealkylation sites (tertiary alicyclic amines) is 3. The lowest BCUT2D eigenvalue weighted by molar-refractivity contribution is -0.145. The standard InChI is InChI=1S/C40H57N9O13/c1-22(43-34(55)28-10-6-18-48(28)38(59)24(41)13-16-32(52)53)37(58)47-17-5-11-29(47)36(57)46-27(21-50)33(54)45-26(20-23-8-3-2-4-9-23)39(60)49-19-7-12-30(49)35(56)44-25(40(61)62)14-15-31(42)51/h2-4,8-9,22,24-30,50H,5-7,10-21,41H2,1H3,(H2,42,51)(H,43,55)(H,44,56)(H,45,54)(H,46,57)(H,52,53)(H,61,62). The Morgan fingerprint density at radius 3 is 1.66 bits per heavy atom. The van der Waals surface area contributed by atoms with E-state index in [9.17, 15) is 58.2 Å². The second kappa shape index (κ2) is 22.6. The first-order valence-corrected chi connectivity index (χ1v) is 20.7. The third kappa shape index (κ3) is 12.9. The van der Waals surface area contributed by atoms with Crippen molar-refractivity contribution in [3.05, 3.63) is 35.9 Å². The minimum Gasteiger partial charge on any atom is -0.481 e. The van der Waals surface area contributed by atoms with Gasteiger partial charge in [0, 0.05) is 38.9 Å². The summed E-state index contributed by atoms with van der Waals surface area (Å²) in [5.41, 5.74) is 11.7. The largest absolute Gasteiger partial charge is 0.481 e. The zero-order chi connectivity index (χ0) is 45.7. The van der Waals surface area contributed by atoms with E-state index in [0.717, 1.165) is 0 Å². The molecular weight excluding hydrogens is 814 g/mol. The molecule has 22 nitrogen and oxygen atoms in total. The summed E-state index contributed by atoms with van der Waals surface area (Å²) in [6.07, 6.45) is 0.872. The summed E-state index contributed by atoms with van der Waals surface area (Å²) in [6.45, 7) is 0.979. The number of aliphatic hydroxyl groups excluding tert-OH is 1. The predicted octanol–water partition coefficient (Wildman–Crippen LogP) is -3.30. The number of carbonyl (C=O) groups is 10. The Morgan fingerprint density at radius 1 is 0.661 bits per heavy atom. The van der Waals surface area contributed by atoms with Gasteiger partial charge in [-0.1, -0.05) is 30.3 Å². The topological polar surface area (TPSA) is 341 Å². The van der Waals surface area contributed by atoms with Crippen LogP contribution in [0.3, 0.4) is 0 Å². The summed E-state index contributed by atoms with van der Waals surface area (Å²) in [4.78, 5) is 132. The quantitative estimate of drug-likeness (QED) is 0.0585. The van der Waals surface area contributed by atoms with E-state index in [-0.39, 0.29) is 64.6 Å². The van der Waals surface area contributed by atoms with Crippen molar-refractivity contribution >= 4 is 59.2 Å². The van der Waals surface area contributed by atoms with Crippen molar-refractivity contribution in [1.82, 2.24) is 36.0 Å². The molecule has 0 aliphatic carbocycles. The fraction of sp³-hybridized carbons (Fsp3) is 0.600. The number of aliphatic carboxylic acids is 2. The molecule has 0 saturated carbocycles. The second-order valence-corrected chi connectivity index (χ2v) is 15.7. The van der Waals surface area contributed by atoms with Crippen LogP contribution >= 0.6 is 0 Å². The smallest absolute Gasteiger partial charge is 0.326 e. The van der Waals surface area contributed by atoms with E-state index < -0.39 is 114 Å². The van der Waals surface area contributed by atoms with Gasteiger partial charge in [-0.2, -0.15) is 0 Å². The number of rotatable bonds is 21. The van der Waals surface area contributed by atoms with Crippen LogP contribution in [-0.2, 0) is 54.4 Å². The molecule has 4 rings (SSSR count). The maximum atomic E-state index is 14.1. The highest BCUT2D eigenvalue weighted by Gasteiger charge is 2.42. The molecule has 3 saturated heterocycles. The average molecular weight is 872 g/mol. The van der Waals surface area contributed by atoms with Crippen LogP contribution in [0, 0.1) is 0 Å². The van der Waals surface area contributed by atoms with Gasteiger partial charge >= 0.3 is 11.9 Å². The van der Waals surface area contributed by atoms with Crippen molar-refractivity contribution in [1.29, 1.82) is 0 Å². The van der Waals surface area contributed by atoms with Gasteiger partial charge in [0.05, 0.1) is 12.6 Å². The lowest BCUT2D eigenvalue weighted by Crippen LogP contribution is -2.60. The summed E-state index contributed by atoms with van der Waals surface area (Å²) >= 11 is 0. The summed E-state index contributed by atoms with van der Waals surface area (Å²) in [7, 11) is 0. The van der Waals surface area contributed by atoms with Gasteiger partial charge in [-0.3, -0.25) is 43.2 Å². The number of amides is 8. The number of nitrogens with one attached hydrogen (secondary N) is 4. The summed E-state index contributed by atoms with van der Waals surface area (Å²) < 4.78 is 0. The van der Waals surface area contributed by atoms with Crippen LogP contribution in [0.25, 0.3) is 0 Å². The van der Waals surface area contributed by atoms with Crippen LogP contribution in [0.15, 0.2) is 30.3 Å². The van der Waals surface area contributed by atoms with Crippen molar-refractivity contribution < 1.29 is 63.3 Å². The molecule has 8 atom stereocenters. The molecule has 0 aromatic heterocycles. The first-order valence-electron chi connectivity index (χ1n) is 20.7. The number of primary amides is 1. The number of nitrogens with zero attached hydrogens (tertiary/aromatic N) is 3. The van der Waals surface area contributed by atoms with Gasteiger partial charge in [-0.25, -0.2) is 4.79 Å². The molecule has 0 radical (unpaired) electrons. The molecule has 8 unspecified atom stereocenters. The van der Waals surface area contributed by atoms with Crippen molar-refractivity contribution in [2.45, 2.75) is 126 Å². The van der Waals surface area contributed by atoms with Crippen LogP contribution in [0.4, 0.5) is 0 Å². The van der Waals surface area contributed by atoms with E-state index in [2.05, 4.69) is 21.3 Å². The minimum atomic E-state index is -1.59. The molecule has 22 heteroatoms. The molecule has 0 spiro atoms. The predicted molar refractivity (Wildman–Crippen MR) is 216 cm³/mol. The fourth-order valence-corrected chi connectivity index (χ4v) is 7.94. The normalized spacial score (nSPS) is 20.9. The van der Waals surface area contributed by atoms with Gasteiger partial charge < -0.3 is 62.8 Å². The lowest BCUT2D eigenvalue weighted by Gasteiger charge is -2.31. The van der Waals surface area contributed by atoms with E-state index in [1.54, 1.807) is 30.3 Å². The summed E-state index contributed by atoms with van der Waals surface area (Å²) in [5.74, 6) is -8.25. The van der Waals surface area contributed by atoms with E-state index in [1.165, 1.54) is 21.6 Å². The Balaban J connectivity index is 1.41. The first-order chi connectivity index (χ1) is 29.4. The SMILES string of the molecule is CC(NC(=O)C1CCCN1C(=O)C(N)CCC(=O)O)C(=O)N1CCCC1C(=O)NC(CO)C(=O)NC(Cc1ccccc1)C(=O)N1CCCC1C(=O)NC(CCC(N)=O)C(=O)O. The zero-order valence-corrected chi connectivity index (χ0v) is 34.5. The molecule has 340 valence electrons. The zero-order valence-electron chi connectivity index (χ0n) is 34.5. The van der Waals surface area contributed by atoms with E-state index in [4.69, 9.17) is 16.6 Å². The highest BCUT2D eigenvalue weighted by molar-refractivity contribution is 5.98. The maximum Gasteiger partial charge on any atom is 0.326 e. The molecule has 8 amide bonds. The van der Waals surface area contributed by atoms with E-state index in [1.807, 2.05) is 0 Å². The molecule has 3 heterocycles. The molecule has 11 N–H and O–H groups in total. The number of hydrogen-bond acceptors (Lipinski definition) is 12. The summed E-state index contributed by atoms with van der Waals surface area (Å²) in [5, 5.41) is 38.9. The van der Waals surface area contributed by atoms with E-state index >= 15 is 0 Å². The molecular formula is C40H57N9O13. The second-order valence-electron chi connectivity index (χ2n) is 15.7. The lowest BCUT2D eigenvalue weighted by atomic mass is 10.0. The molecule has 3 fully saturated rings. The van der Waals surface area contributed by atoms with Gasteiger partial charge in [-0.05, 0) is 63.9 Å². The number of carboxylic acid groups (broad SMARTS) is 2. The van der Waals surface area contributed by atoms with Crippen LogP contribution in [0.5, 0.6) is 0 Å². The molecule has 0 bridgehead atoms. The number of hydrogen-bond donors (Lipinski definition) is 9. The number of carbonyl (C=O) groups excluding carboxylic acids is 8. The van der Waals surface area contributed by atoms with Crippen LogP contribution in [0.2, 0.25) is 0 Å². The van der Waals surface area contributed by atoms with Gasteiger partial charge in [0.15, 0.2) is 0 Å². The minimum absolute atomic E-state index is 0.0580. The number of aliphatic hydroxyl groups is 1. The van der Waals surface area contributed by atoms with Crippen molar-refractivity contribution in [3.63, 3.8) is 0 Å². The van der Waals surface area contributed by atoms with Gasteiger partial charge in [0.2, 0.25) is 47.3 Å². The Morgan fingerprint density at radius 2 is 1.16 bits per heavy atom. The van der Waals surface area contributed by atoms with Crippen molar-refractivity contribution in [2.75, 3.05) is 26.2 Å². The van der Waals surface area contributed by atoms with Gasteiger partial charge in [0.1, 0.15) is 42.3 Å². The Bertz CT molecular complexity index is 1850. The number of benzene rings is 1. The Kier molecular flexibility index (Phi) is 17.7. The molecule has 3 aliphatic rings. The molecule has 62 heavy (non-hydrogen) atoms. The fourth-order valence-electron chi connectivity index (χ4n) is 7.94. The highest BCUT2D eigenvalue weighted by Crippen LogP contribution is 2.23. The number of carboxylic acids is 2. The van der Waals surface area contributed by atoms with Crippen LogP contribution < -0.4 is 32.7 Å². The third-order valence-corrected chi connectivity index (χ3v) is 11.2. The van der Waals surface area contributed by atoms with E-state index in [0.29, 0.717) is 31.2 Å². The van der Waals surface area contributed by atoms with Gasteiger partial charge in [0.25, 0.3) is 0 Å². The van der Waals surface area contributed by atoms with Crippen LogP contribution in [-0.4, -0.2) is 164 Å². The van der Waals surface area contributed by atoms with Gasteiger partial charge in [-0.15, -0.1) is 0 Å². The Labute approximate surface area is 357 Å².